The largest absolute Gasteiger partial charge is 0.490 e. The van der Waals surface area contributed by atoms with Crippen LogP contribution in [0.2, 0.25) is 10.0 Å². The fourth-order valence-corrected chi connectivity index (χ4v) is 3.47. The molecule has 1 amide bonds. The van der Waals surface area contributed by atoms with Crippen molar-refractivity contribution in [3.05, 3.63) is 81.8 Å². The normalized spacial score (nSPS) is 10.7. The van der Waals surface area contributed by atoms with E-state index in [0.29, 0.717) is 41.3 Å². The van der Waals surface area contributed by atoms with Crippen molar-refractivity contribution < 1.29 is 14.3 Å². The molecule has 0 atom stereocenters. The molecule has 3 aromatic carbocycles. The fourth-order valence-electron chi connectivity index (χ4n) is 3.04. The molecule has 0 fully saturated rings. The zero-order valence-electron chi connectivity index (χ0n) is 19.0. The van der Waals surface area contributed by atoms with Crippen molar-refractivity contribution in [2.45, 2.75) is 33.9 Å². The maximum atomic E-state index is 11.8. The van der Waals surface area contributed by atoms with Crippen molar-refractivity contribution in [1.82, 2.24) is 0 Å². The number of hydrogen-bond donors (Lipinski definition) is 2. The van der Waals surface area contributed by atoms with E-state index >= 15 is 0 Å². The van der Waals surface area contributed by atoms with Crippen LogP contribution in [0.4, 0.5) is 11.4 Å². The van der Waals surface area contributed by atoms with Gasteiger partial charge in [0.25, 0.3) is 0 Å². The molecule has 5 nitrogen and oxygen atoms in total. The van der Waals surface area contributed by atoms with Crippen molar-refractivity contribution in [1.29, 1.82) is 0 Å². The van der Waals surface area contributed by atoms with Crippen LogP contribution in [-0.4, -0.2) is 12.5 Å². The summed E-state index contributed by atoms with van der Waals surface area (Å²) in [6, 6.07) is 18.7. The molecule has 0 bridgehead atoms. The van der Waals surface area contributed by atoms with Gasteiger partial charge in [-0.25, -0.2) is 0 Å². The van der Waals surface area contributed by atoms with Gasteiger partial charge in [-0.15, -0.1) is 0 Å². The molecule has 3 rings (SSSR count). The van der Waals surface area contributed by atoms with Crippen LogP contribution in [0.25, 0.3) is 0 Å². The Kier molecular flexibility index (Phi) is 8.87. The third kappa shape index (κ3) is 7.31. The van der Waals surface area contributed by atoms with E-state index in [4.69, 9.17) is 32.7 Å². The number of carbonyl (C=O) groups excluding carboxylic acids is 1. The van der Waals surface area contributed by atoms with E-state index in [0.717, 1.165) is 22.5 Å². The van der Waals surface area contributed by atoms with Crippen LogP contribution < -0.4 is 20.1 Å². The number of ether oxygens (including phenoxy) is 2. The number of benzene rings is 3. The van der Waals surface area contributed by atoms with E-state index in [-0.39, 0.29) is 11.8 Å². The standard InChI is InChI=1S/C26H28Cl2N2O3/c1-4-32-24-13-19(15-29-21-8-10-22(11-9-21)30-26(31)17(2)3)23(28)14-25(24)33-16-18-6-5-7-20(27)12-18/h5-14,17,29H,4,15-16H2,1-3H3,(H,30,31). The molecule has 7 heteroatoms. The number of rotatable bonds is 10. The summed E-state index contributed by atoms with van der Waals surface area (Å²) in [5.41, 5.74) is 3.51. The third-order valence-electron chi connectivity index (χ3n) is 4.86. The van der Waals surface area contributed by atoms with Gasteiger partial charge < -0.3 is 20.1 Å². The summed E-state index contributed by atoms with van der Waals surface area (Å²) in [5.74, 6) is 1.13. The lowest BCUT2D eigenvalue weighted by atomic mass is 10.1. The second kappa shape index (κ2) is 11.8. The van der Waals surface area contributed by atoms with Crippen LogP contribution in [0.1, 0.15) is 31.9 Å². The van der Waals surface area contributed by atoms with E-state index in [1.807, 2.05) is 75.4 Å². The predicted molar refractivity (Wildman–Crippen MR) is 136 cm³/mol. The summed E-state index contributed by atoms with van der Waals surface area (Å²) >= 11 is 12.6. The Bertz CT molecular complexity index is 1090. The molecular weight excluding hydrogens is 459 g/mol. The Morgan fingerprint density at radius 1 is 0.939 bits per heavy atom. The number of nitrogens with one attached hydrogen (secondary N) is 2. The minimum atomic E-state index is -0.0677. The molecule has 2 N–H and O–H groups in total. The first kappa shape index (κ1) is 24.7. The van der Waals surface area contributed by atoms with Gasteiger partial charge in [0.1, 0.15) is 6.61 Å². The molecule has 0 saturated carbocycles. The maximum Gasteiger partial charge on any atom is 0.226 e. The highest BCUT2D eigenvalue weighted by molar-refractivity contribution is 6.31. The number of halogens is 2. The van der Waals surface area contributed by atoms with Crippen LogP contribution in [0.3, 0.4) is 0 Å². The van der Waals surface area contributed by atoms with Crippen LogP contribution in [0.15, 0.2) is 60.7 Å². The Morgan fingerprint density at radius 2 is 1.64 bits per heavy atom. The molecule has 3 aromatic rings. The number of hydrogen-bond acceptors (Lipinski definition) is 4. The highest BCUT2D eigenvalue weighted by Crippen LogP contribution is 2.35. The SMILES string of the molecule is CCOc1cc(CNc2ccc(NC(=O)C(C)C)cc2)c(Cl)cc1OCc1cccc(Cl)c1. The molecule has 174 valence electrons. The van der Waals surface area contributed by atoms with Gasteiger partial charge in [-0.05, 0) is 60.5 Å². The molecule has 0 aliphatic carbocycles. The van der Waals surface area contributed by atoms with E-state index in [9.17, 15) is 4.79 Å². The molecule has 0 saturated heterocycles. The fraction of sp³-hybridized carbons (Fsp3) is 0.269. The van der Waals surface area contributed by atoms with Crippen molar-refractivity contribution >= 4 is 40.5 Å². The highest BCUT2D eigenvalue weighted by atomic mass is 35.5. The van der Waals surface area contributed by atoms with Gasteiger partial charge >= 0.3 is 0 Å². The summed E-state index contributed by atoms with van der Waals surface area (Å²) < 4.78 is 11.8. The first-order chi connectivity index (χ1) is 15.9. The Hall–Kier alpha value is -2.89. The zero-order valence-corrected chi connectivity index (χ0v) is 20.5. The first-order valence-corrected chi connectivity index (χ1v) is 11.6. The van der Waals surface area contributed by atoms with E-state index in [2.05, 4.69) is 10.6 Å². The van der Waals surface area contributed by atoms with Crippen LogP contribution in [0.5, 0.6) is 11.5 Å². The molecule has 0 unspecified atom stereocenters. The van der Waals surface area contributed by atoms with Crippen molar-refractivity contribution in [2.75, 3.05) is 17.2 Å². The van der Waals surface area contributed by atoms with Gasteiger partial charge in [-0.2, -0.15) is 0 Å². The number of carbonyl (C=O) groups is 1. The van der Waals surface area contributed by atoms with Crippen molar-refractivity contribution in [3.8, 4) is 11.5 Å². The third-order valence-corrected chi connectivity index (χ3v) is 5.44. The Labute approximate surface area is 205 Å². The summed E-state index contributed by atoms with van der Waals surface area (Å²) in [5, 5.41) is 7.47. The van der Waals surface area contributed by atoms with E-state index < -0.39 is 0 Å². The lowest BCUT2D eigenvalue weighted by Crippen LogP contribution is -2.17. The summed E-state index contributed by atoms with van der Waals surface area (Å²) in [7, 11) is 0. The summed E-state index contributed by atoms with van der Waals surface area (Å²) in [6.07, 6.45) is 0. The lowest BCUT2D eigenvalue weighted by molar-refractivity contribution is -0.118. The zero-order chi connectivity index (χ0) is 23.8. The number of amides is 1. The molecule has 0 aliphatic heterocycles. The topological polar surface area (TPSA) is 59.6 Å². The Balaban J connectivity index is 1.66. The average Bonchev–Trinajstić information content (AvgIpc) is 2.79. The van der Waals surface area contributed by atoms with Crippen molar-refractivity contribution in [2.24, 2.45) is 5.92 Å². The average molecular weight is 487 g/mol. The molecule has 0 heterocycles. The molecular formula is C26H28Cl2N2O3. The first-order valence-electron chi connectivity index (χ1n) is 10.8. The van der Waals surface area contributed by atoms with Gasteiger partial charge in [0.05, 0.1) is 6.61 Å². The second-order valence-corrected chi connectivity index (χ2v) is 8.66. The predicted octanol–water partition coefficient (Wildman–Crippen LogP) is 7.18. The van der Waals surface area contributed by atoms with Gasteiger partial charge in [0, 0.05) is 39.9 Å². The molecule has 0 spiro atoms. The van der Waals surface area contributed by atoms with Gasteiger partial charge in [0.15, 0.2) is 11.5 Å². The molecule has 0 aromatic heterocycles. The quantitative estimate of drug-likeness (QED) is 0.318. The van der Waals surface area contributed by atoms with Crippen LogP contribution in [-0.2, 0) is 17.9 Å². The second-order valence-electron chi connectivity index (χ2n) is 7.82. The lowest BCUT2D eigenvalue weighted by Gasteiger charge is -2.16. The summed E-state index contributed by atoms with van der Waals surface area (Å²) in [4.78, 5) is 11.8. The van der Waals surface area contributed by atoms with Gasteiger partial charge in [-0.1, -0.05) is 49.2 Å². The monoisotopic (exact) mass is 486 g/mol. The van der Waals surface area contributed by atoms with Gasteiger partial charge in [0.2, 0.25) is 5.91 Å². The number of anilines is 2. The highest BCUT2D eigenvalue weighted by Gasteiger charge is 2.12. The Morgan fingerprint density at radius 3 is 2.30 bits per heavy atom. The molecule has 0 radical (unpaired) electrons. The smallest absolute Gasteiger partial charge is 0.226 e. The van der Waals surface area contributed by atoms with Crippen molar-refractivity contribution in [3.63, 3.8) is 0 Å². The summed E-state index contributed by atoms with van der Waals surface area (Å²) in [6.45, 7) is 7.01. The minimum Gasteiger partial charge on any atom is -0.490 e. The van der Waals surface area contributed by atoms with E-state index in [1.165, 1.54) is 0 Å². The van der Waals surface area contributed by atoms with Crippen LogP contribution >= 0.6 is 23.2 Å². The minimum absolute atomic E-state index is 0.0105. The van der Waals surface area contributed by atoms with Crippen LogP contribution in [0, 0.1) is 5.92 Å². The molecule has 0 aliphatic rings. The maximum absolute atomic E-state index is 11.8. The van der Waals surface area contributed by atoms with E-state index in [1.54, 1.807) is 6.07 Å². The molecule has 33 heavy (non-hydrogen) atoms. The van der Waals surface area contributed by atoms with Gasteiger partial charge in [-0.3, -0.25) is 4.79 Å².